The first kappa shape index (κ1) is 14.4. The van der Waals surface area contributed by atoms with Crippen molar-refractivity contribution >= 4 is 33.6 Å². The maximum atomic E-state index is 5.89. The van der Waals surface area contributed by atoms with Crippen LogP contribution in [0.5, 0.6) is 0 Å². The molecule has 1 aromatic carbocycles. The third kappa shape index (κ3) is 2.23. The number of aromatic nitrogens is 3. The van der Waals surface area contributed by atoms with E-state index >= 15 is 0 Å². The highest BCUT2D eigenvalue weighted by Gasteiger charge is 2.13. The average Bonchev–Trinajstić information content (AvgIpc) is 3.13. The molecule has 0 fully saturated rings. The predicted octanol–water partition coefficient (Wildman–Crippen LogP) is 4.16. The molecule has 0 spiro atoms. The number of hydrogen-bond donors (Lipinski definition) is 2. The summed E-state index contributed by atoms with van der Waals surface area (Å²) in [6, 6.07) is 7.80. The van der Waals surface area contributed by atoms with Gasteiger partial charge in [0.05, 0.1) is 5.71 Å². The lowest BCUT2D eigenvalue weighted by molar-refractivity contribution is 0.667. The Morgan fingerprint density at radius 1 is 1.21 bits per heavy atom. The number of aromatic amines is 1. The van der Waals surface area contributed by atoms with E-state index < -0.39 is 0 Å². The van der Waals surface area contributed by atoms with Crippen molar-refractivity contribution in [2.75, 3.05) is 5.43 Å². The summed E-state index contributed by atoms with van der Waals surface area (Å²) in [5.41, 5.74) is 9.44. The molecule has 6 nitrogen and oxygen atoms in total. The van der Waals surface area contributed by atoms with Gasteiger partial charge >= 0.3 is 0 Å². The molecule has 0 radical (unpaired) electrons. The summed E-state index contributed by atoms with van der Waals surface area (Å²) < 4.78 is 5.89. The molecule has 2 N–H and O–H groups in total. The van der Waals surface area contributed by atoms with Crippen LogP contribution in [0.3, 0.4) is 0 Å². The molecule has 0 amide bonds. The summed E-state index contributed by atoms with van der Waals surface area (Å²) >= 11 is 0. The lowest BCUT2D eigenvalue weighted by Gasteiger charge is -2.04. The van der Waals surface area contributed by atoms with E-state index in [2.05, 4.69) is 32.4 Å². The fourth-order valence-electron chi connectivity index (χ4n) is 3.01. The molecule has 0 aliphatic heterocycles. The van der Waals surface area contributed by atoms with Crippen LogP contribution < -0.4 is 5.43 Å². The fourth-order valence-corrected chi connectivity index (χ4v) is 3.01. The lowest BCUT2D eigenvalue weighted by atomic mass is 10.1. The van der Waals surface area contributed by atoms with E-state index in [1.807, 2.05) is 44.3 Å². The summed E-state index contributed by atoms with van der Waals surface area (Å²) in [4.78, 5) is 11.8. The summed E-state index contributed by atoms with van der Waals surface area (Å²) in [5.74, 6) is 0.557. The second-order valence-electron chi connectivity index (χ2n) is 5.78. The molecular formula is C18H17N5O. The second-order valence-corrected chi connectivity index (χ2v) is 5.78. The summed E-state index contributed by atoms with van der Waals surface area (Å²) in [6.45, 7) is 6.05. The first-order valence-corrected chi connectivity index (χ1v) is 7.72. The standard InChI is InChI=1S/C18H17N5O/c1-10-8-19-11(2)15(10)12(3)22-23-18-17-16(20-9-21-18)13-6-4-5-7-14(13)24-17/h4-9,19H,1-3H3,(H,20,21,23)/b22-12+. The maximum Gasteiger partial charge on any atom is 0.197 e. The van der Waals surface area contributed by atoms with Crippen molar-refractivity contribution in [3.05, 3.63) is 53.6 Å². The van der Waals surface area contributed by atoms with E-state index in [1.165, 1.54) is 6.33 Å². The Balaban J connectivity index is 1.76. The normalized spacial score (nSPS) is 12.2. The van der Waals surface area contributed by atoms with Crippen LogP contribution in [0.4, 0.5) is 5.82 Å². The number of hydrazone groups is 1. The van der Waals surface area contributed by atoms with Crippen LogP contribution >= 0.6 is 0 Å². The highest BCUT2D eigenvalue weighted by atomic mass is 16.3. The van der Waals surface area contributed by atoms with Gasteiger partial charge in [0.1, 0.15) is 17.4 Å². The van der Waals surface area contributed by atoms with Gasteiger partial charge in [-0.2, -0.15) is 5.10 Å². The highest BCUT2D eigenvalue weighted by Crippen LogP contribution is 2.30. The summed E-state index contributed by atoms with van der Waals surface area (Å²) in [5, 5.41) is 5.44. The number of nitrogens with zero attached hydrogens (tertiary/aromatic N) is 3. The molecule has 120 valence electrons. The number of para-hydroxylation sites is 1. The number of anilines is 1. The Morgan fingerprint density at radius 3 is 2.83 bits per heavy atom. The van der Waals surface area contributed by atoms with Gasteiger partial charge in [-0.15, -0.1) is 0 Å². The molecule has 0 aliphatic carbocycles. The van der Waals surface area contributed by atoms with Crippen molar-refractivity contribution in [2.45, 2.75) is 20.8 Å². The molecular weight excluding hydrogens is 302 g/mol. The van der Waals surface area contributed by atoms with Gasteiger partial charge in [-0.1, -0.05) is 12.1 Å². The van der Waals surface area contributed by atoms with Crippen molar-refractivity contribution in [3.63, 3.8) is 0 Å². The molecule has 24 heavy (non-hydrogen) atoms. The van der Waals surface area contributed by atoms with Gasteiger partial charge in [0, 0.05) is 22.8 Å². The van der Waals surface area contributed by atoms with Crippen LogP contribution in [0.1, 0.15) is 23.7 Å². The zero-order valence-electron chi connectivity index (χ0n) is 13.7. The zero-order chi connectivity index (χ0) is 16.7. The molecule has 0 atom stereocenters. The van der Waals surface area contributed by atoms with Gasteiger partial charge in [-0.3, -0.25) is 5.43 Å². The average molecular weight is 319 g/mol. The van der Waals surface area contributed by atoms with Crippen molar-refractivity contribution < 1.29 is 4.42 Å². The van der Waals surface area contributed by atoms with Gasteiger partial charge in [0.15, 0.2) is 11.4 Å². The third-order valence-electron chi connectivity index (χ3n) is 4.12. The Bertz CT molecular complexity index is 1050. The number of H-pyrrole nitrogens is 1. The van der Waals surface area contributed by atoms with Crippen molar-refractivity contribution in [3.8, 4) is 0 Å². The van der Waals surface area contributed by atoms with Gasteiger partial charge in [-0.05, 0) is 38.5 Å². The largest absolute Gasteiger partial charge is 0.450 e. The van der Waals surface area contributed by atoms with Crippen LogP contribution in [-0.4, -0.2) is 20.7 Å². The molecule has 3 aromatic heterocycles. The molecule has 0 bridgehead atoms. The van der Waals surface area contributed by atoms with Crippen LogP contribution in [0, 0.1) is 13.8 Å². The van der Waals surface area contributed by atoms with E-state index in [1.54, 1.807) is 0 Å². The van der Waals surface area contributed by atoms with E-state index in [-0.39, 0.29) is 0 Å². The van der Waals surface area contributed by atoms with E-state index in [0.29, 0.717) is 11.4 Å². The number of hydrogen-bond acceptors (Lipinski definition) is 5. The summed E-state index contributed by atoms with van der Waals surface area (Å²) in [6.07, 6.45) is 3.50. The molecule has 0 saturated carbocycles. The number of aryl methyl sites for hydroxylation is 2. The van der Waals surface area contributed by atoms with Crippen LogP contribution in [-0.2, 0) is 0 Å². The molecule has 3 heterocycles. The minimum absolute atomic E-state index is 0.557. The third-order valence-corrected chi connectivity index (χ3v) is 4.12. The molecule has 0 unspecified atom stereocenters. The number of benzene rings is 1. The van der Waals surface area contributed by atoms with E-state index in [4.69, 9.17) is 4.42 Å². The molecule has 6 heteroatoms. The Kier molecular flexibility index (Phi) is 3.30. The first-order valence-electron chi connectivity index (χ1n) is 7.72. The van der Waals surface area contributed by atoms with Crippen LogP contribution in [0.2, 0.25) is 0 Å². The number of furan rings is 1. The van der Waals surface area contributed by atoms with Crippen LogP contribution in [0.15, 0.2) is 46.3 Å². The van der Waals surface area contributed by atoms with Gasteiger partial charge in [-0.25, -0.2) is 9.97 Å². The molecule has 4 aromatic rings. The topological polar surface area (TPSA) is 79.1 Å². The SMILES string of the molecule is C/C(=N\Nc1ncnc2c1oc1ccccc12)c1c(C)c[nH]c1C. The Hall–Kier alpha value is -3.15. The van der Waals surface area contributed by atoms with E-state index in [0.717, 1.165) is 39.0 Å². The van der Waals surface area contributed by atoms with Gasteiger partial charge < -0.3 is 9.40 Å². The smallest absolute Gasteiger partial charge is 0.197 e. The predicted molar refractivity (Wildman–Crippen MR) is 95.4 cm³/mol. The fraction of sp³-hybridized carbons (Fsp3) is 0.167. The number of nitrogens with one attached hydrogen (secondary N) is 2. The Labute approximate surface area is 138 Å². The summed E-state index contributed by atoms with van der Waals surface area (Å²) in [7, 11) is 0. The van der Waals surface area contributed by atoms with Gasteiger partial charge in [0.2, 0.25) is 0 Å². The highest BCUT2D eigenvalue weighted by molar-refractivity contribution is 6.06. The molecule has 4 rings (SSSR count). The Morgan fingerprint density at radius 2 is 2.04 bits per heavy atom. The van der Waals surface area contributed by atoms with Crippen molar-refractivity contribution in [1.29, 1.82) is 0 Å². The minimum Gasteiger partial charge on any atom is -0.450 e. The van der Waals surface area contributed by atoms with Crippen molar-refractivity contribution in [1.82, 2.24) is 15.0 Å². The lowest BCUT2D eigenvalue weighted by Crippen LogP contribution is -2.03. The maximum absolute atomic E-state index is 5.89. The van der Waals surface area contributed by atoms with E-state index in [9.17, 15) is 0 Å². The zero-order valence-corrected chi connectivity index (χ0v) is 13.7. The number of fused-ring (bicyclic) bond motifs is 3. The van der Waals surface area contributed by atoms with Gasteiger partial charge in [0.25, 0.3) is 0 Å². The van der Waals surface area contributed by atoms with Crippen molar-refractivity contribution in [2.24, 2.45) is 5.10 Å². The minimum atomic E-state index is 0.557. The number of rotatable bonds is 3. The molecule has 0 aliphatic rings. The molecule has 0 saturated heterocycles. The quantitative estimate of drug-likeness (QED) is 0.439. The van der Waals surface area contributed by atoms with Crippen LogP contribution in [0.25, 0.3) is 22.1 Å². The second kappa shape index (κ2) is 5.49. The monoisotopic (exact) mass is 319 g/mol. The first-order chi connectivity index (χ1) is 11.6.